The number of halogens is 1. The molecule has 2 N–H and O–H groups in total. The molecule has 2 aliphatic heterocycles. The second-order valence-corrected chi connectivity index (χ2v) is 5.52. The summed E-state index contributed by atoms with van der Waals surface area (Å²) in [5.41, 5.74) is 3.32. The highest BCUT2D eigenvalue weighted by atomic mass is 35.5. The molecule has 1 saturated heterocycles. The molecule has 2 heterocycles. The zero-order valence-electron chi connectivity index (χ0n) is 12.5. The van der Waals surface area contributed by atoms with Gasteiger partial charge in [0.1, 0.15) is 11.8 Å². The first-order valence-corrected chi connectivity index (χ1v) is 7.45. The lowest BCUT2D eigenvalue weighted by Gasteiger charge is -2.34. The summed E-state index contributed by atoms with van der Waals surface area (Å²) in [5.74, 6) is 0. The van der Waals surface area contributed by atoms with Gasteiger partial charge in [-0.3, -0.25) is 4.90 Å². The van der Waals surface area contributed by atoms with Gasteiger partial charge in [0.05, 0.1) is 19.3 Å². The van der Waals surface area contributed by atoms with Crippen molar-refractivity contribution in [2.24, 2.45) is 0 Å². The molecule has 2 unspecified atom stereocenters. The van der Waals surface area contributed by atoms with E-state index in [1.165, 1.54) is 0 Å². The van der Waals surface area contributed by atoms with Crippen LogP contribution in [0.25, 0.3) is 0 Å². The first kappa shape index (κ1) is 17.2. The van der Waals surface area contributed by atoms with Crippen molar-refractivity contribution >= 4 is 12.4 Å². The summed E-state index contributed by atoms with van der Waals surface area (Å²) in [6, 6.07) is 9.92. The number of aliphatic hydroxyl groups is 1. The molecule has 0 bridgehead atoms. The van der Waals surface area contributed by atoms with Gasteiger partial charge in [0.25, 0.3) is 0 Å². The van der Waals surface area contributed by atoms with E-state index >= 15 is 0 Å². The van der Waals surface area contributed by atoms with Gasteiger partial charge in [-0.2, -0.15) is 0 Å². The number of hydrogen-bond acceptors (Lipinski definition) is 5. The molecule has 0 amide bonds. The second-order valence-electron chi connectivity index (χ2n) is 5.52. The van der Waals surface area contributed by atoms with Crippen LogP contribution < -0.4 is 5.48 Å². The molecular formula is C16H23ClN2O3. The Morgan fingerprint density at radius 2 is 1.95 bits per heavy atom. The lowest BCUT2D eigenvalue weighted by molar-refractivity contribution is -0.00866. The van der Waals surface area contributed by atoms with Crippen molar-refractivity contribution in [3.63, 3.8) is 0 Å². The Morgan fingerprint density at radius 1 is 1.23 bits per heavy atom. The Morgan fingerprint density at radius 3 is 2.59 bits per heavy atom. The highest BCUT2D eigenvalue weighted by Crippen LogP contribution is 2.31. The minimum atomic E-state index is -0.659. The molecule has 0 aliphatic carbocycles. The fraction of sp³-hybridized carbons (Fsp3) is 0.500. The lowest BCUT2D eigenvalue weighted by atomic mass is 9.84. The van der Waals surface area contributed by atoms with E-state index in [0.29, 0.717) is 6.42 Å². The van der Waals surface area contributed by atoms with Crippen LogP contribution >= 0.6 is 12.4 Å². The molecule has 1 aromatic rings. The van der Waals surface area contributed by atoms with Gasteiger partial charge in [-0.15, -0.1) is 17.9 Å². The van der Waals surface area contributed by atoms with E-state index in [-0.39, 0.29) is 12.4 Å². The number of hydroxylamine groups is 1. The van der Waals surface area contributed by atoms with E-state index in [4.69, 9.17) is 9.57 Å². The van der Waals surface area contributed by atoms with E-state index in [2.05, 4.69) is 10.4 Å². The van der Waals surface area contributed by atoms with Crippen LogP contribution in [0.1, 0.15) is 12.0 Å². The van der Waals surface area contributed by atoms with Crippen LogP contribution in [0.15, 0.2) is 42.7 Å². The fourth-order valence-corrected chi connectivity index (χ4v) is 2.90. The van der Waals surface area contributed by atoms with Crippen molar-refractivity contribution in [1.29, 1.82) is 0 Å². The zero-order chi connectivity index (χ0) is 14.5. The highest BCUT2D eigenvalue weighted by molar-refractivity contribution is 5.85. The average Bonchev–Trinajstić information content (AvgIpc) is 3.05. The third kappa shape index (κ3) is 3.62. The molecular weight excluding hydrogens is 304 g/mol. The molecule has 2 aliphatic rings. The first-order valence-electron chi connectivity index (χ1n) is 7.45. The molecule has 1 fully saturated rings. The van der Waals surface area contributed by atoms with Gasteiger partial charge in [-0.1, -0.05) is 30.3 Å². The van der Waals surface area contributed by atoms with Gasteiger partial charge in [0.15, 0.2) is 0 Å². The monoisotopic (exact) mass is 326 g/mol. The summed E-state index contributed by atoms with van der Waals surface area (Å²) in [5, 5.41) is 10.7. The molecule has 22 heavy (non-hydrogen) atoms. The SMILES string of the molecule is Cl.OC(CCN1CCOCC1)C1(c2ccccc2)C=CON1. The number of hydrogen-bond donors (Lipinski definition) is 2. The summed E-state index contributed by atoms with van der Waals surface area (Å²) in [6.45, 7) is 4.28. The number of ether oxygens (including phenoxy) is 1. The van der Waals surface area contributed by atoms with Crippen molar-refractivity contribution < 1.29 is 14.7 Å². The Balaban J connectivity index is 0.00000176. The Kier molecular flexibility index (Phi) is 6.23. The summed E-state index contributed by atoms with van der Waals surface area (Å²) in [4.78, 5) is 7.53. The Hall–Kier alpha value is -1.11. The van der Waals surface area contributed by atoms with Gasteiger partial charge in [0, 0.05) is 19.6 Å². The van der Waals surface area contributed by atoms with E-state index in [1.54, 1.807) is 6.26 Å². The maximum atomic E-state index is 10.7. The highest BCUT2D eigenvalue weighted by Gasteiger charge is 2.40. The number of nitrogens with zero attached hydrogens (tertiary/aromatic N) is 1. The van der Waals surface area contributed by atoms with Crippen LogP contribution in [0.4, 0.5) is 0 Å². The Bertz CT molecular complexity index is 480. The topological polar surface area (TPSA) is 54.0 Å². The normalized spacial score (nSPS) is 26.2. The molecule has 2 atom stereocenters. The summed E-state index contributed by atoms with van der Waals surface area (Å²) in [7, 11) is 0. The average molecular weight is 327 g/mol. The van der Waals surface area contributed by atoms with Gasteiger partial charge in [0.2, 0.25) is 0 Å². The summed E-state index contributed by atoms with van der Waals surface area (Å²) < 4.78 is 5.35. The maximum absolute atomic E-state index is 10.7. The number of aliphatic hydroxyl groups excluding tert-OH is 1. The quantitative estimate of drug-likeness (QED) is 0.857. The van der Waals surface area contributed by atoms with Crippen LogP contribution in [0, 0.1) is 0 Å². The predicted molar refractivity (Wildman–Crippen MR) is 86.6 cm³/mol. The second kappa shape index (κ2) is 7.94. The van der Waals surface area contributed by atoms with Crippen LogP contribution in [0.2, 0.25) is 0 Å². The summed E-state index contributed by atoms with van der Waals surface area (Å²) in [6.07, 6.45) is 3.62. The van der Waals surface area contributed by atoms with Crippen LogP contribution in [0.5, 0.6) is 0 Å². The van der Waals surface area contributed by atoms with Crippen LogP contribution in [-0.2, 0) is 15.1 Å². The molecule has 6 heteroatoms. The van der Waals surface area contributed by atoms with Gasteiger partial charge in [-0.05, 0) is 18.1 Å². The molecule has 3 rings (SSSR count). The number of nitrogens with one attached hydrogen (secondary N) is 1. The molecule has 122 valence electrons. The van der Waals surface area contributed by atoms with Crippen molar-refractivity contribution in [1.82, 2.24) is 10.4 Å². The molecule has 0 aromatic heterocycles. The molecule has 5 nitrogen and oxygen atoms in total. The fourth-order valence-electron chi connectivity index (χ4n) is 2.90. The zero-order valence-corrected chi connectivity index (χ0v) is 13.3. The van der Waals surface area contributed by atoms with E-state index < -0.39 is 11.6 Å². The Labute approximate surface area is 137 Å². The smallest absolute Gasteiger partial charge is 0.126 e. The first-order chi connectivity index (χ1) is 10.3. The van der Waals surface area contributed by atoms with E-state index in [0.717, 1.165) is 38.4 Å². The minimum absolute atomic E-state index is 0. The summed E-state index contributed by atoms with van der Waals surface area (Å²) >= 11 is 0. The molecule has 1 aromatic carbocycles. The molecule has 0 spiro atoms. The predicted octanol–water partition coefficient (Wildman–Crippen LogP) is 1.44. The number of morpholine rings is 1. The van der Waals surface area contributed by atoms with Crippen LogP contribution in [0.3, 0.4) is 0 Å². The van der Waals surface area contributed by atoms with Crippen molar-refractivity contribution in [2.75, 3.05) is 32.8 Å². The van der Waals surface area contributed by atoms with Gasteiger partial charge >= 0.3 is 0 Å². The van der Waals surface area contributed by atoms with E-state index in [9.17, 15) is 5.11 Å². The van der Waals surface area contributed by atoms with Crippen molar-refractivity contribution in [3.8, 4) is 0 Å². The van der Waals surface area contributed by atoms with Gasteiger partial charge in [-0.25, -0.2) is 0 Å². The molecule has 0 radical (unpaired) electrons. The van der Waals surface area contributed by atoms with Crippen molar-refractivity contribution in [3.05, 3.63) is 48.2 Å². The van der Waals surface area contributed by atoms with Gasteiger partial charge < -0.3 is 14.7 Å². The van der Waals surface area contributed by atoms with Crippen LogP contribution in [-0.4, -0.2) is 49.0 Å². The van der Waals surface area contributed by atoms with Crippen molar-refractivity contribution in [2.45, 2.75) is 18.1 Å². The largest absolute Gasteiger partial charge is 0.416 e. The third-order valence-corrected chi connectivity index (χ3v) is 4.23. The third-order valence-electron chi connectivity index (χ3n) is 4.23. The maximum Gasteiger partial charge on any atom is 0.126 e. The molecule has 0 saturated carbocycles. The number of benzene rings is 1. The standard InChI is InChI=1S/C16H22N2O3.ClH/c19-15(6-8-18-9-12-20-13-10-18)16(7-11-21-17-16)14-4-2-1-3-5-14;/h1-5,7,11,15,17,19H,6,8-10,12-13H2;1H. The van der Waals surface area contributed by atoms with E-state index in [1.807, 2.05) is 36.4 Å². The number of rotatable bonds is 5. The lowest BCUT2D eigenvalue weighted by Crippen LogP contribution is -2.48. The minimum Gasteiger partial charge on any atom is -0.416 e.